The van der Waals surface area contributed by atoms with Gasteiger partial charge in [-0.05, 0) is 24.1 Å². The zero-order valence-corrected chi connectivity index (χ0v) is 12.1. The summed E-state index contributed by atoms with van der Waals surface area (Å²) in [6.07, 6.45) is 2.43. The average molecular weight is 294 g/mol. The van der Waals surface area contributed by atoms with Crippen molar-refractivity contribution in [3.8, 4) is 5.75 Å². The number of amides is 1. The van der Waals surface area contributed by atoms with Crippen LogP contribution < -0.4 is 11.1 Å². The number of nitrogens with two attached hydrogens (primary N) is 1. The van der Waals surface area contributed by atoms with Crippen molar-refractivity contribution in [2.75, 3.05) is 0 Å². The van der Waals surface area contributed by atoms with Crippen molar-refractivity contribution < 1.29 is 19.8 Å². The second-order valence-electron chi connectivity index (χ2n) is 5.02. The Morgan fingerprint density at radius 3 is 2.43 bits per heavy atom. The van der Waals surface area contributed by atoms with Crippen molar-refractivity contribution in [1.29, 1.82) is 0 Å². The highest BCUT2D eigenvalue weighted by molar-refractivity contribution is 5.86. The van der Waals surface area contributed by atoms with Gasteiger partial charge in [-0.15, -0.1) is 0 Å². The molecule has 0 unspecified atom stereocenters. The molecule has 2 atom stereocenters. The normalized spacial score (nSPS) is 13.4. The number of aromatic hydroxyl groups is 1. The van der Waals surface area contributed by atoms with Crippen LogP contribution in [0, 0.1) is 0 Å². The maximum atomic E-state index is 11.9. The molecule has 0 bridgehead atoms. The molecule has 6 nitrogen and oxygen atoms in total. The number of carbonyl (C=O) groups excluding carboxylic acids is 1. The van der Waals surface area contributed by atoms with Crippen LogP contribution in [-0.4, -0.2) is 34.2 Å². The quantitative estimate of drug-likeness (QED) is 0.572. The first kappa shape index (κ1) is 17.0. The topological polar surface area (TPSA) is 113 Å². The second-order valence-corrected chi connectivity index (χ2v) is 5.02. The number of carboxylic acids is 1. The summed E-state index contributed by atoms with van der Waals surface area (Å²) < 4.78 is 0. The first-order valence-electron chi connectivity index (χ1n) is 7.00. The Labute approximate surface area is 124 Å². The number of nitrogens with one attached hydrogen (secondary N) is 1. The van der Waals surface area contributed by atoms with Crippen LogP contribution in [0.25, 0.3) is 0 Å². The summed E-state index contributed by atoms with van der Waals surface area (Å²) in [5, 5.41) is 20.9. The van der Waals surface area contributed by atoms with E-state index in [0.29, 0.717) is 12.0 Å². The lowest BCUT2D eigenvalue weighted by Crippen LogP contribution is -2.49. The van der Waals surface area contributed by atoms with Gasteiger partial charge in [0.15, 0.2) is 0 Å². The van der Waals surface area contributed by atoms with Crippen molar-refractivity contribution >= 4 is 11.9 Å². The Kier molecular flexibility index (Phi) is 6.68. The number of rotatable bonds is 8. The van der Waals surface area contributed by atoms with Crippen LogP contribution in [0.5, 0.6) is 5.75 Å². The minimum Gasteiger partial charge on any atom is -0.508 e. The van der Waals surface area contributed by atoms with Crippen molar-refractivity contribution in [2.24, 2.45) is 5.73 Å². The summed E-state index contributed by atoms with van der Waals surface area (Å²) in [5.74, 6) is -1.45. The third-order valence-electron chi connectivity index (χ3n) is 3.20. The van der Waals surface area contributed by atoms with Crippen LogP contribution in [0.4, 0.5) is 0 Å². The van der Waals surface area contributed by atoms with E-state index in [9.17, 15) is 19.8 Å². The van der Waals surface area contributed by atoms with Crippen molar-refractivity contribution in [2.45, 2.75) is 44.7 Å². The number of benzene rings is 1. The number of hydrogen-bond donors (Lipinski definition) is 4. The Morgan fingerprint density at radius 1 is 1.29 bits per heavy atom. The monoisotopic (exact) mass is 294 g/mol. The fraction of sp³-hybridized carbons (Fsp3) is 0.467. The number of phenols is 1. The molecule has 1 aromatic rings. The van der Waals surface area contributed by atoms with Gasteiger partial charge in [0.05, 0.1) is 6.04 Å². The third kappa shape index (κ3) is 5.83. The average Bonchev–Trinajstić information content (AvgIpc) is 2.45. The van der Waals surface area contributed by atoms with E-state index in [1.54, 1.807) is 12.1 Å². The van der Waals surface area contributed by atoms with Gasteiger partial charge in [-0.1, -0.05) is 31.9 Å². The zero-order chi connectivity index (χ0) is 15.8. The Hall–Kier alpha value is -2.08. The summed E-state index contributed by atoms with van der Waals surface area (Å²) >= 11 is 0. The van der Waals surface area contributed by atoms with Crippen molar-refractivity contribution in [3.05, 3.63) is 29.8 Å². The van der Waals surface area contributed by atoms with Gasteiger partial charge in [0, 0.05) is 6.42 Å². The van der Waals surface area contributed by atoms with Crippen molar-refractivity contribution in [3.63, 3.8) is 0 Å². The molecular formula is C15H22N2O4. The predicted molar refractivity (Wildman–Crippen MR) is 78.9 cm³/mol. The van der Waals surface area contributed by atoms with E-state index in [-0.39, 0.29) is 12.2 Å². The van der Waals surface area contributed by atoms with Gasteiger partial charge in [-0.2, -0.15) is 0 Å². The van der Waals surface area contributed by atoms with Gasteiger partial charge in [-0.3, -0.25) is 4.79 Å². The van der Waals surface area contributed by atoms with Gasteiger partial charge >= 0.3 is 5.97 Å². The van der Waals surface area contributed by atoms with Crippen LogP contribution in [0.2, 0.25) is 0 Å². The summed E-state index contributed by atoms with van der Waals surface area (Å²) in [5.41, 5.74) is 6.44. The third-order valence-corrected chi connectivity index (χ3v) is 3.20. The second kappa shape index (κ2) is 8.26. The molecule has 0 aliphatic heterocycles. The molecule has 0 aliphatic rings. The Bertz CT molecular complexity index is 473. The number of aliphatic carboxylic acids is 1. The Balaban J connectivity index is 2.63. The molecule has 5 N–H and O–H groups in total. The van der Waals surface area contributed by atoms with E-state index >= 15 is 0 Å². The van der Waals surface area contributed by atoms with Gasteiger partial charge < -0.3 is 21.3 Å². The lowest BCUT2D eigenvalue weighted by atomic mass is 10.0. The van der Waals surface area contributed by atoms with E-state index in [4.69, 9.17) is 5.73 Å². The largest absolute Gasteiger partial charge is 0.508 e. The predicted octanol–water partition coefficient (Wildman–Crippen LogP) is 1.02. The van der Waals surface area contributed by atoms with E-state index in [1.807, 2.05) is 6.92 Å². The first-order chi connectivity index (χ1) is 9.93. The number of carbonyl (C=O) groups is 2. The van der Waals surface area contributed by atoms with E-state index in [0.717, 1.165) is 12.8 Å². The standard InChI is InChI=1S/C15H22N2O4/c1-2-3-4-12(16)14(19)17-13(15(20)21)9-10-5-7-11(18)8-6-10/h5-8,12-13,18H,2-4,9,16H2,1H3,(H,17,19)(H,20,21)/t12-,13+/m0/s1. The van der Waals surface area contributed by atoms with Crippen LogP contribution in [0.3, 0.4) is 0 Å². The molecule has 0 radical (unpaired) electrons. The molecule has 116 valence electrons. The highest BCUT2D eigenvalue weighted by Crippen LogP contribution is 2.11. The summed E-state index contributed by atoms with van der Waals surface area (Å²) in [6, 6.07) is 4.47. The highest BCUT2D eigenvalue weighted by Gasteiger charge is 2.23. The molecule has 0 saturated carbocycles. The molecule has 0 fully saturated rings. The van der Waals surface area contributed by atoms with E-state index < -0.39 is 24.0 Å². The molecular weight excluding hydrogens is 272 g/mol. The maximum Gasteiger partial charge on any atom is 0.326 e. The van der Waals surface area contributed by atoms with E-state index in [1.165, 1.54) is 12.1 Å². The first-order valence-corrected chi connectivity index (χ1v) is 7.00. The molecule has 0 spiro atoms. The minimum atomic E-state index is -1.11. The van der Waals surface area contributed by atoms with Gasteiger partial charge in [0.2, 0.25) is 5.91 Å². The summed E-state index contributed by atoms with van der Waals surface area (Å²) in [6.45, 7) is 2.00. The highest BCUT2D eigenvalue weighted by atomic mass is 16.4. The molecule has 0 heterocycles. The number of unbranched alkanes of at least 4 members (excludes halogenated alkanes) is 1. The molecule has 1 aromatic carbocycles. The number of carboxylic acid groups (broad SMARTS) is 1. The van der Waals surface area contributed by atoms with Gasteiger partial charge in [-0.25, -0.2) is 4.79 Å². The fourth-order valence-corrected chi connectivity index (χ4v) is 1.90. The van der Waals surface area contributed by atoms with Crippen LogP contribution in [0.15, 0.2) is 24.3 Å². The SMILES string of the molecule is CCCC[C@H](N)C(=O)N[C@H](Cc1ccc(O)cc1)C(=O)O. The number of hydrogen-bond acceptors (Lipinski definition) is 4. The van der Waals surface area contributed by atoms with E-state index in [2.05, 4.69) is 5.32 Å². The Morgan fingerprint density at radius 2 is 1.90 bits per heavy atom. The number of phenolic OH excluding ortho intramolecular Hbond substituents is 1. The zero-order valence-electron chi connectivity index (χ0n) is 12.1. The lowest BCUT2D eigenvalue weighted by molar-refractivity contribution is -0.142. The van der Waals surface area contributed by atoms with Crippen LogP contribution in [-0.2, 0) is 16.0 Å². The minimum absolute atomic E-state index is 0.108. The van der Waals surface area contributed by atoms with Crippen LogP contribution >= 0.6 is 0 Å². The van der Waals surface area contributed by atoms with Gasteiger partial charge in [0.25, 0.3) is 0 Å². The van der Waals surface area contributed by atoms with Gasteiger partial charge in [0.1, 0.15) is 11.8 Å². The summed E-state index contributed by atoms with van der Waals surface area (Å²) in [7, 11) is 0. The molecule has 6 heteroatoms. The molecule has 1 amide bonds. The lowest BCUT2D eigenvalue weighted by Gasteiger charge is -2.18. The molecule has 0 saturated heterocycles. The molecule has 1 rings (SSSR count). The maximum absolute atomic E-state index is 11.9. The smallest absolute Gasteiger partial charge is 0.326 e. The van der Waals surface area contributed by atoms with Crippen molar-refractivity contribution in [1.82, 2.24) is 5.32 Å². The van der Waals surface area contributed by atoms with Crippen LogP contribution in [0.1, 0.15) is 31.7 Å². The fourth-order valence-electron chi connectivity index (χ4n) is 1.90. The summed E-state index contributed by atoms with van der Waals surface area (Å²) in [4.78, 5) is 23.1. The molecule has 0 aliphatic carbocycles. The molecule has 21 heavy (non-hydrogen) atoms. The molecule has 0 aromatic heterocycles.